The molecule has 0 aromatic rings. The summed E-state index contributed by atoms with van der Waals surface area (Å²) >= 11 is 0. The topological polar surface area (TPSA) is 35.5 Å². The molecule has 0 radical (unpaired) electrons. The number of hydrogen-bond donors (Lipinski definition) is 2. The summed E-state index contributed by atoms with van der Waals surface area (Å²) in [6.07, 6.45) is 4.99. The van der Waals surface area contributed by atoms with Crippen LogP contribution in [0.3, 0.4) is 0 Å². The van der Waals surface area contributed by atoms with Crippen LogP contribution in [0.2, 0.25) is 0 Å². The highest BCUT2D eigenvalue weighted by molar-refractivity contribution is 4.96. The van der Waals surface area contributed by atoms with E-state index in [2.05, 4.69) is 31.0 Å². The van der Waals surface area contributed by atoms with E-state index in [0.717, 1.165) is 25.0 Å². The minimum Gasteiger partial charge on any atom is -0.396 e. The Balaban J connectivity index is 1.73. The first-order valence-electron chi connectivity index (χ1n) is 7.12. The molecule has 17 heavy (non-hydrogen) atoms. The van der Waals surface area contributed by atoms with Gasteiger partial charge in [0.2, 0.25) is 0 Å². The zero-order valence-corrected chi connectivity index (χ0v) is 11.6. The molecule has 3 heteroatoms. The van der Waals surface area contributed by atoms with Crippen molar-refractivity contribution in [3.05, 3.63) is 0 Å². The van der Waals surface area contributed by atoms with Crippen LogP contribution in [0, 0.1) is 5.41 Å². The van der Waals surface area contributed by atoms with Gasteiger partial charge in [-0.15, -0.1) is 0 Å². The number of aliphatic hydroxyl groups excluding tert-OH is 1. The Morgan fingerprint density at radius 1 is 1.35 bits per heavy atom. The van der Waals surface area contributed by atoms with Crippen LogP contribution in [-0.2, 0) is 0 Å². The molecule has 0 amide bonds. The maximum Gasteiger partial charge on any atom is 0.0436 e. The van der Waals surface area contributed by atoms with Gasteiger partial charge in [-0.2, -0.15) is 0 Å². The Kier molecular flexibility index (Phi) is 4.11. The summed E-state index contributed by atoms with van der Waals surface area (Å²) in [5.74, 6) is 0. The number of nitrogens with zero attached hydrogens (tertiary/aromatic N) is 1. The average molecular weight is 240 g/mol. The monoisotopic (exact) mass is 240 g/mol. The summed E-state index contributed by atoms with van der Waals surface area (Å²) in [7, 11) is 0. The number of aliphatic hydroxyl groups is 1. The molecule has 100 valence electrons. The van der Waals surface area contributed by atoms with Crippen molar-refractivity contribution in [3.63, 3.8) is 0 Å². The van der Waals surface area contributed by atoms with Gasteiger partial charge in [0.1, 0.15) is 0 Å². The highest BCUT2D eigenvalue weighted by atomic mass is 16.3. The van der Waals surface area contributed by atoms with Gasteiger partial charge >= 0.3 is 0 Å². The van der Waals surface area contributed by atoms with Crippen LogP contribution in [0.4, 0.5) is 0 Å². The van der Waals surface area contributed by atoms with Gasteiger partial charge in [-0.1, -0.05) is 13.8 Å². The maximum atomic E-state index is 9.02. The van der Waals surface area contributed by atoms with Crippen LogP contribution in [0.15, 0.2) is 0 Å². The molecule has 0 aromatic carbocycles. The molecule has 3 nitrogen and oxygen atoms in total. The highest BCUT2D eigenvalue weighted by Gasteiger charge is 2.38. The van der Waals surface area contributed by atoms with Crippen molar-refractivity contribution >= 4 is 0 Å². The standard InChI is InChI=1S/C14H28N2O/c1-11-8-12(9-16(11)13-4-5-13)15-10-14(2,3)6-7-17/h11-13,15,17H,4-10H2,1-3H3. The zero-order valence-electron chi connectivity index (χ0n) is 11.6. The maximum absolute atomic E-state index is 9.02. The van der Waals surface area contributed by atoms with Crippen molar-refractivity contribution in [1.82, 2.24) is 10.2 Å². The minimum absolute atomic E-state index is 0.213. The molecule has 1 aliphatic carbocycles. The molecule has 0 spiro atoms. The lowest BCUT2D eigenvalue weighted by atomic mass is 9.89. The largest absolute Gasteiger partial charge is 0.396 e. The lowest BCUT2D eigenvalue weighted by Crippen LogP contribution is -2.39. The molecule has 2 rings (SSSR count). The van der Waals surface area contributed by atoms with Gasteiger partial charge in [-0.05, 0) is 38.0 Å². The molecular formula is C14H28N2O. The van der Waals surface area contributed by atoms with Crippen molar-refractivity contribution < 1.29 is 5.11 Å². The van der Waals surface area contributed by atoms with Crippen LogP contribution in [0.25, 0.3) is 0 Å². The van der Waals surface area contributed by atoms with Crippen molar-refractivity contribution in [2.45, 2.75) is 64.6 Å². The molecule has 0 aromatic heterocycles. The highest BCUT2D eigenvalue weighted by Crippen LogP contribution is 2.33. The van der Waals surface area contributed by atoms with Crippen molar-refractivity contribution in [1.29, 1.82) is 0 Å². The van der Waals surface area contributed by atoms with Gasteiger partial charge in [0, 0.05) is 37.8 Å². The smallest absolute Gasteiger partial charge is 0.0436 e. The molecule has 2 aliphatic rings. The van der Waals surface area contributed by atoms with Gasteiger partial charge in [-0.25, -0.2) is 0 Å². The van der Waals surface area contributed by atoms with Crippen LogP contribution in [0.1, 0.15) is 46.5 Å². The second kappa shape index (κ2) is 5.25. The first kappa shape index (κ1) is 13.3. The van der Waals surface area contributed by atoms with E-state index >= 15 is 0 Å². The SMILES string of the molecule is CC1CC(NCC(C)(C)CCO)CN1C1CC1. The van der Waals surface area contributed by atoms with Crippen LogP contribution in [-0.4, -0.2) is 47.8 Å². The van der Waals surface area contributed by atoms with Crippen LogP contribution < -0.4 is 5.32 Å². The van der Waals surface area contributed by atoms with Gasteiger partial charge in [0.05, 0.1) is 0 Å². The summed E-state index contributed by atoms with van der Waals surface area (Å²) in [5, 5.41) is 12.7. The van der Waals surface area contributed by atoms with Crippen LogP contribution in [0.5, 0.6) is 0 Å². The molecule has 1 saturated heterocycles. The molecule has 0 bridgehead atoms. The second-order valence-electron chi connectivity index (χ2n) is 6.73. The molecule has 2 fully saturated rings. The fourth-order valence-corrected chi connectivity index (χ4v) is 2.93. The molecule has 2 N–H and O–H groups in total. The molecule has 1 saturated carbocycles. The van der Waals surface area contributed by atoms with Gasteiger partial charge in [0.15, 0.2) is 0 Å². The van der Waals surface area contributed by atoms with Crippen LogP contribution >= 0.6 is 0 Å². The molecule has 2 atom stereocenters. The zero-order chi connectivity index (χ0) is 12.5. The first-order valence-corrected chi connectivity index (χ1v) is 7.12. The summed E-state index contributed by atoms with van der Waals surface area (Å²) < 4.78 is 0. The van der Waals surface area contributed by atoms with E-state index in [1.165, 1.54) is 25.8 Å². The van der Waals surface area contributed by atoms with Crippen molar-refractivity contribution in [2.75, 3.05) is 19.7 Å². The van der Waals surface area contributed by atoms with Gasteiger partial charge in [-0.3, -0.25) is 4.90 Å². The summed E-state index contributed by atoms with van der Waals surface area (Å²) in [4.78, 5) is 2.68. The second-order valence-corrected chi connectivity index (χ2v) is 6.73. The number of likely N-dealkylation sites (tertiary alicyclic amines) is 1. The average Bonchev–Trinajstić information content (AvgIpc) is 3.01. The Morgan fingerprint density at radius 3 is 2.65 bits per heavy atom. The normalized spacial score (nSPS) is 31.1. The Labute approximate surface area is 106 Å². The third-order valence-corrected chi connectivity index (χ3v) is 4.30. The van der Waals surface area contributed by atoms with E-state index in [9.17, 15) is 0 Å². The predicted octanol–water partition coefficient (Wildman–Crippen LogP) is 1.61. The quantitative estimate of drug-likeness (QED) is 0.740. The van der Waals surface area contributed by atoms with Crippen molar-refractivity contribution in [3.8, 4) is 0 Å². The molecule has 1 aliphatic heterocycles. The van der Waals surface area contributed by atoms with E-state index in [4.69, 9.17) is 5.11 Å². The summed E-state index contributed by atoms with van der Waals surface area (Å²) in [6, 6.07) is 2.30. The summed E-state index contributed by atoms with van der Waals surface area (Å²) in [5.41, 5.74) is 0.213. The summed E-state index contributed by atoms with van der Waals surface area (Å²) in [6.45, 7) is 9.35. The third kappa shape index (κ3) is 3.67. The third-order valence-electron chi connectivity index (χ3n) is 4.30. The van der Waals surface area contributed by atoms with E-state index in [0.29, 0.717) is 12.6 Å². The van der Waals surface area contributed by atoms with E-state index < -0.39 is 0 Å². The van der Waals surface area contributed by atoms with E-state index in [-0.39, 0.29) is 5.41 Å². The molecule has 1 heterocycles. The minimum atomic E-state index is 0.213. The van der Waals surface area contributed by atoms with E-state index in [1.54, 1.807) is 0 Å². The Morgan fingerprint density at radius 2 is 2.06 bits per heavy atom. The first-order chi connectivity index (χ1) is 8.02. The Bertz CT molecular complexity index is 251. The predicted molar refractivity (Wildman–Crippen MR) is 71.1 cm³/mol. The Hall–Kier alpha value is -0.120. The van der Waals surface area contributed by atoms with Gasteiger partial charge in [0.25, 0.3) is 0 Å². The fourth-order valence-electron chi connectivity index (χ4n) is 2.93. The lowest BCUT2D eigenvalue weighted by molar-refractivity contribution is 0.201. The lowest BCUT2D eigenvalue weighted by Gasteiger charge is -2.26. The number of hydrogen-bond acceptors (Lipinski definition) is 3. The number of nitrogens with one attached hydrogen (secondary N) is 1. The van der Waals surface area contributed by atoms with Gasteiger partial charge < -0.3 is 10.4 Å². The van der Waals surface area contributed by atoms with E-state index in [1.807, 2.05) is 0 Å². The molecular weight excluding hydrogens is 212 g/mol. The molecule has 2 unspecified atom stereocenters. The fraction of sp³-hybridized carbons (Fsp3) is 1.00. The van der Waals surface area contributed by atoms with Crippen molar-refractivity contribution in [2.24, 2.45) is 5.41 Å². The number of rotatable bonds is 6.